The maximum atomic E-state index is 13.1. The Hall–Kier alpha value is -1.42. The highest BCUT2D eigenvalue weighted by Crippen LogP contribution is 2.49. The normalized spacial score (nSPS) is 25.4. The average molecular weight is 332 g/mol. The van der Waals surface area contributed by atoms with Crippen LogP contribution in [0, 0.1) is 23.6 Å². The van der Waals surface area contributed by atoms with Crippen molar-refractivity contribution in [1.82, 2.24) is 9.80 Å². The molecule has 3 rings (SSSR count). The summed E-state index contributed by atoms with van der Waals surface area (Å²) in [5.74, 6) is 2.28. The van der Waals surface area contributed by atoms with E-state index in [0.29, 0.717) is 18.9 Å². The minimum atomic E-state index is -0.230. The number of hydrogen-bond acceptors (Lipinski definition) is 2. The lowest BCUT2D eigenvalue weighted by molar-refractivity contribution is -0.133. The highest BCUT2D eigenvalue weighted by atomic mass is 19.1. The zero-order valence-electron chi connectivity index (χ0n) is 14.9. The predicted octanol–water partition coefficient (Wildman–Crippen LogP) is 3.54. The summed E-state index contributed by atoms with van der Waals surface area (Å²) in [4.78, 5) is 16.9. The highest BCUT2D eigenvalue weighted by Gasteiger charge is 2.40. The molecule has 0 aliphatic heterocycles. The first-order valence-corrected chi connectivity index (χ1v) is 9.18. The van der Waals surface area contributed by atoms with E-state index >= 15 is 0 Å². The van der Waals surface area contributed by atoms with Crippen LogP contribution in [0.5, 0.6) is 0 Å². The number of carbonyl (C=O) groups is 1. The van der Waals surface area contributed by atoms with E-state index in [1.54, 1.807) is 12.1 Å². The van der Waals surface area contributed by atoms with Crippen molar-refractivity contribution in [2.24, 2.45) is 17.8 Å². The number of halogens is 1. The molecule has 0 radical (unpaired) electrons. The van der Waals surface area contributed by atoms with Gasteiger partial charge in [0.1, 0.15) is 5.82 Å². The maximum absolute atomic E-state index is 13.1. The summed E-state index contributed by atoms with van der Waals surface area (Å²) in [5, 5.41) is 0. The zero-order chi connectivity index (χ0) is 17.1. The molecule has 0 aromatic heterocycles. The van der Waals surface area contributed by atoms with Crippen LogP contribution in [-0.2, 0) is 11.3 Å². The van der Waals surface area contributed by atoms with E-state index in [1.165, 1.54) is 37.8 Å². The number of amides is 1. The van der Waals surface area contributed by atoms with Crippen LogP contribution in [0.1, 0.15) is 37.7 Å². The van der Waals surface area contributed by atoms with E-state index in [9.17, 15) is 9.18 Å². The Balaban J connectivity index is 1.61. The number of hydrogen-bond donors (Lipinski definition) is 0. The number of benzene rings is 1. The molecular formula is C20H29FN2O. The molecule has 3 unspecified atom stereocenters. The molecule has 0 heterocycles. The van der Waals surface area contributed by atoms with Gasteiger partial charge < -0.3 is 9.80 Å². The SMILES string of the molecule is CN(C)CCN(Cc1ccc(F)cc1)C(=O)CC1CC2CCC1C2. The lowest BCUT2D eigenvalue weighted by atomic mass is 9.86. The number of likely N-dealkylation sites (N-methyl/N-ethyl adjacent to an activating group) is 1. The Bertz CT molecular complexity index is 557. The van der Waals surface area contributed by atoms with E-state index in [1.807, 2.05) is 19.0 Å². The van der Waals surface area contributed by atoms with Gasteiger partial charge in [-0.2, -0.15) is 0 Å². The van der Waals surface area contributed by atoms with E-state index in [0.717, 1.165) is 30.5 Å². The third-order valence-electron chi connectivity index (χ3n) is 5.78. The second-order valence-electron chi connectivity index (χ2n) is 7.88. The molecule has 3 atom stereocenters. The quantitative estimate of drug-likeness (QED) is 0.762. The molecule has 0 N–H and O–H groups in total. The van der Waals surface area contributed by atoms with E-state index in [-0.39, 0.29) is 11.7 Å². The molecule has 2 aliphatic carbocycles. The average Bonchev–Trinajstić information content (AvgIpc) is 3.15. The van der Waals surface area contributed by atoms with Crippen molar-refractivity contribution in [3.63, 3.8) is 0 Å². The maximum Gasteiger partial charge on any atom is 0.223 e. The van der Waals surface area contributed by atoms with Gasteiger partial charge in [-0.25, -0.2) is 4.39 Å². The smallest absolute Gasteiger partial charge is 0.223 e. The molecular weight excluding hydrogens is 303 g/mol. The van der Waals surface area contributed by atoms with Gasteiger partial charge in [0.2, 0.25) is 5.91 Å². The van der Waals surface area contributed by atoms with Crippen LogP contribution in [0.3, 0.4) is 0 Å². The van der Waals surface area contributed by atoms with Crippen molar-refractivity contribution < 1.29 is 9.18 Å². The first-order chi connectivity index (χ1) is 11.5. The van der Waals surface area contributed by atoms with Crippen LogP contribution in [0.25, 0.3) is 0 Å². The first kappa shape index (κ1) is 17.4. The number of fused-ring (bicyclic) bond motifs is 2. The molecule has 2 saturated carbocycles. The fourth-order valence-electron chi connectivity index (χ4n) is 4.40. The van der Waals surface area contributed by atoms with E-state index < -0.39 is 0 Å². The number of rotatable bonds is 7. The van der Waals surface area contributed by atoms with Gasteiger partial charge in [-0.3, -0.25) is 4.79 Å². The predicted molar refractivity (Wildman–Crippen MR) is 93.9 cm³/mol. The molecule has 24 heavy (non-hydrogen) atoms. The van der Waals surface area contributed by atoms with Gasteiger partial charge in [0.25, 0.3) is 0 Å². The fourth-order valence-corrected chi connectivity index (χ4v) is 4.40. The lowest BCUT2D eigenvalue weighted by Crippen LogP contribution is -2.37. The van der Waals surface area contributed by atoms with Gasteiger partial charge in [0.05, 0.1) is 0 Å². The van der Waals surface area contributed by atoms with Crippen molar-refractivity contribution in [2.75, 3.05) is 27.2 Å². The molecule has 2 bridgehead atoms. The Morgan fingerprint density at radius 3 is 2.46 bits per heavy atom. The fraction of sp³-hybridized carbons (Fsp3) is 0.650. The summed E-state index contributed by atoms with van der Waals surface area (Å²) in [5.41, 5.74) is 0.997. The van der Waals surface area contributed by atoms with Crippen LogP contribution in [0.4, 0.5) is 4.39 Å². The van der Waals surface area contributed by atoms with Crippen molar-refractivity contribution in [2.45, 2.75) is 38.6 Å². The molecule has 3 nitrogen and oxygen atoms in total. The van der Waals surface area contributed by atoms with Crippen LogP contribution in [0.15, 0.2) is 24.3 Å². The second kappa shape index (κ2) is 7.64. The van der Waals surface area contributed by atoms with E-state index in [2.05, 4.69) is 4.90 Å². The van der Waals surface area contributed by atoms with Crippen molar-refractivity contribution >= 4 is 5.91 Å². The molecule has 0 spiro atoms. The summed E-state index contributed by atoms with van der Waals surface area (Å²) >= 11 is 0. The third kappa shape index (κ3) is 4.35. The summed E-state index contributed by atoms with van der Waals surface area (Å²) in [6, 6.07) is 6.51. The molecule has 1 aromatic rings. The largest absolute Gasteiger partial charge is 0.337 e. The number of carbonyl (C=O) groups excluding carboxylic acids is 1. The molecule has 0 saturated heterocycles. The summed E-state index contributed by atoms with van der Waals surface area (Å²) < 4.78 is 13.1. The minimum absolute atomic E-state index is 0.230. The van der Waals surface area contributed by atoms with Gasteiger partial charge in [-0.15, -0.1) is 0 Å². The minimum Gasteiger partial charge on any atom is -0.337 e. The van der Waals surface area contributed by atoms with Crippen LogP contribution >= 0.6 is 0 Å². The van der Waals surface area contributed by atoms with Gasteiger partial charge in [-0.1, -0.05) is 18.6 Å². The molecule has 2 aliphatic rings. The van der Waals surface area contributed by atoms with Gasteiger partial charge in [-0.05, 0) is 68.8 Å². The Labute approximate surface area is 144 Å². The van der Waals surface area contributed by atoms with Gasteiger partial charge in [0, 0.05) is 26.1 Å². The summed E-state index contributed by atoms with van der Waals surface area (Å²) in [7, 11) is 4.05. The molecule has 1 aromatic carbocycles. The molecule has 4 heteroatoms. The van der Waals surface area contributed by atoms with Gasteiger partial charge in [0.15, 0.2) is 0 Å². The Morgan fingerprint density at radius 1 is 1.12 bits per heavy atom. The summed E-state index contributed by atoms with van der Waals surface area (Å²) in [6.07, 6.45) is 5.96. The van der Waals surface area contributed by atoms with Crippen LogP contribution in [-0.4, -0.2) is 42.9 Å². The van der Waals surface area contributed by atoms with E-state index in [4.69, 9.17) is 0 Å². The standard InChI is InChI=1S/C20H29FN2O/c1-22(2)9-10-23(14-15-4-7-19(21)8-5-15)20(24)13-18-12-16-3-6-17(18)11-16/h4-5,7-8,16-18H,3,6,9-14H2,1-2H3. The van der Waals surface area contributed by atoms with Crippen LogP contribution in [0.2, 0.25) is 0 Å². The lowest BCUT2D eigenvalue weighted by Gasteiger charge is -2.28. The van der Waals surface area contributed by atoms with Crippen molar-refractivity contribution in [3.8, 4) is 0 Å². The Kier molecular flexibility index (Phi) is 5.54. The molecule has 2 fully saturated rings. The van der Waals surface area contributed by atoms with Crippen molar-refractivity contribution in [1.29, 1.82) is 0 Å². The first-order valence-electron chi connectivity index (χ1n) is 9.18. The van der Waals surface area contributed by atoms with Crippen LogP contribution < -0.4 is 0 Å². The third-order valence-corrected chi connectivity index (χ3v) is 5.78. The van der Waals surface area contributed by atoms with Gasteiger partial charge >= 0.3 is 0 Å². The second-order valence-corrected chi connectivity index (χ2v) is 7.88. The number of nitrogens with zero attached hydrogens (tertiary/aromatic N) is 2. The summed E-state index contributed by atoms with van der Waals surface area (Å²) in [6.45, 7) is 2.15. The zero-order valence-corrected chi connectivity index (χ0v) is 14.9. The molecule has 1 amide bonds. The van der Waals surface area contributed by atoms with Crippen molar-refractivity contribution in [3.05, 3.63) is 35.6 Å². The highest BCUT2D eigenvalue weighted by molar-refractivity contribution is 5.76. The molecule has 132 valence electrons. The topological polar surface area (TPSA) is 23.6 Å². The Morgan fingerprint density at radius 2 is 1.88 bits per heavy atom. The monoisotopic (exact) mass is 332 g/mol.